The maximum Gasteiger partial charge on any atom is 0.240 e. The van der Waals surface area contributed by atoms with Gasteiger partial charge in [0.1, 0.15) is 0 Å². The fourth-order valence-corrected chi connectivity index (χ4v) is 4.26. The molecule has 3 aromatic rings. The Bertz CT molecular complexity index is 1270. The highest BCUT2D eigenvalue weighted by molar-refractivity contribution is 7.92. The first-order valence-electron chi connectivity index (χ1n) is 9.78. The van der Waals surface area contributed by atoms with Crippen LogP contribution in [0.25, 0.3) is 5.69 Å². The number of aromatic nitrogens is 2. The number of nitrogens with one attached hydrogen (secondary N) is 1. The molecule has 2 aromatic carbocycles. The summed E-state index contributed by atoms with van der Waals surface area (Å²) in [4.78, 5) is 12.3. The van der Waals surface area contributed by atoms with Crippen LogP contribution in [0.1, 0.15) is 36.2 Å². The third-order valence-corrected chi connectivity index (χ3v) is 5.66. The second-order valence-corrected chi connectivity index (χ2v) is 9.28. The Morgan fingerprint density at radius 1 is 1.13 bits per heavy atom. The summed E-state index contributed by atoms with van der Waals surface area (Å²) in [5.41, 5.74) is 4.60. The fraction of sp³-hybridized carbons (Fsp3) is 0.227. The van der Waals surface area contributed by atoms with E-state index < -0.39 is 10.0 Å². The van der Waals surface area contributed by atoms with Crippen LogP contribution in [0, 0.1) is 6.92 Å². The number of carbonyl (C=O) groups excluding carboxylic acids is 1. The molecule has 0 unspecified atom stereocenters. The first-order chi connectivity index (χ1) is 14.7. The summed E-state index contributed by atoms with van der Waals surface area (Å²) in [5, 5.41) is 10.7. The predicted octanol–water partition coefficient (Wildman–Crippen LogP) is 3.25. The molecule has 1 aromatic heterocycles. The van der Waals surface area contributed by atoms with Gasteiger partial charge < -0.3 is 0 Å². The van der Waals surface area contributed by atoms with Crippen LogP contribution in [0.3, 0.4) is 0 Å². The van der Waals surface area contributed by atoms with Gasteiger partial charge in [-0.1, -0.05) is 30.3 Å². The van der Waals surface area contributed by atoms with Crippen LogP contribution in [0.5, 0.6) is 0 Å². The minimum atomic E-state index is -3.39. The molecule has 1 N–H and O–H groups in total. The van der Waals surface area contributed by atoms with E-state index in [9.17, 15) is 13.2 Å². The maximum atomic E-state index is 12.3. The number of hydrogen-bond donors (Lipinski definition) is 1. The SMILES string of the molecule is CC(=O)N1N=C(c2cccc(NS(C)(=O)=O)c2)C[C@@H]1c1cn(-c2ccccc2)nc1C. The van der Waals surface area contributed by atoms with Gasteiger partial charge in [-0.3, -0.25) is 9.52 Å². The third kappa shape index (κ3) is 4.51. The predicted molar refractivity (Wildman–Crippen MR) is 120 cm³/mol. The zero-order chi connectivity index (χ0) is 22.2. The minimum Gasteiger partial charge on any atom is -0.284 e. The molecule has 1 atom stereocenters. The quantitative estimate of drug-likeness (QED) is 0.663. The fourth-order valence-electron chi connectivity index (χ4n) is 3.71. The molecular weight excluding hydrogens is 414 g/mol. The van der Waals surface area contributed by atoms with Gasteiger partial charge in [-0.05, 0) is 36.8 Å². The van der Waals surface area contributed by atoms with Crippen molar-refractivity contribution in [1.82, 2.24) is 14.8 Å². The average molecular weight is 438 g/mol. The number of sulfonamides is 1. The van der Waals surface area contributed by atoms with E-state index in [-0.39, 0.29) is 11.9 Å². The van der Waals surface area contributed by atoms with Gasteiger partial charge in [-0.25, -0.2) is 18.1 Å². The lowest BCUT2D eigenvalue weighted by molar-refractivity contribution is -0.130. The Balaban J connectivity index is 1.66. The van der Waals surface area contributed by atoms with Gasteiger partial charge >= 0.3 is 0 Å². The lowest BCUT2D eigenvalue weighted by Crippen LogP contribution is -2.24. The number of hydrogen-bond acceptors (Lipinski definition) is 5. The molecule has 1 amide bonds. The summed E-state index contributed by atoms with van der Waals surface area (Å²) in [5.74, 6) is -0.169. The molecule has 4 rings (SSSR count). The zero-order valence-corrected chi connectivity index (χ0v) is 18.3. The molecule has 160 valence electrons. The first kappa shape index (κ1) is 20.8. The van der Waals surface area contributed by atoms with Crippen molar-refractivity contribution in [2.75, 3.05) is 11.0 Å². The van der Waals surface area contributed by atoms with Gasteiger partial charge in [-0.2, -0.15) is 10.2 Å². The number of rotatable bonds is 5. The third-order valence-electron chi connectivity index (χ3n) is 5.05. The second kappa shape index (κ2) is 7.99. The molecule has 9 heteroatoms. The summed E-state index contributed by atoms with van der Waals surface area (Å²) in [7, 11) is -3.39. The molecule has 31 heavy (non-hydrogen) atoms. The molecular formula is C22H23N5O3S. The second-order valence-electron chi connectivity index (χ2n) is 7.54. The van der Waals surface area contributed by atoms with E-state index in [4.69, 9.17) is 0 Å². The maximum absolute atomic E-state index is 12.3. The van der Waals surface area contributed by atoms with Gasteiger partial charge in [0.2, 0.25) is 15.9 Å². The van der Waals surface area contributed by atoms with E-state index in [1.807, 2.05) is 49.5 Å². The molecule has 1 aliphatic heterocycles. The number of carbonyl (C=O) groups is 1. The van der Waals surface area contributed by atoms with Crippen LogP contribution in [-0.2, 0) is 14.8 Å². The molecule has 0 spiro atoms. The van der Waals surface area contributed by atoms with E-state index in [0.717, 1.165) is 28.8 Å². The van der Waals surface area contributed by atoms with Crippen LogP contribution in [0.15, 0.2) is 65.9 Å². The van der Waals surface area contributed by atoms with Crippen molar-refractivity contribution in [3.05, 3.63) is 77.6 Å². The zero-order valence-electron chi connectivity index (χ0n) is 17.5. The number of hydrazone groups is 1. The molecule has 0 radical (unpaired) electrons. The van der Waals surface area contributed by atoms with Gasteiger partial charge in [0, 0.05) is 30.8 Å². The van der Waals surface area contributed by atoms with Crippen LogP contribution < -0.4 is 4.72 Å². The van der Waals surface area contributed by atoms with Crippen molar-refractivity contribution in [3.63, 3.8) is 0 Å². The van der Waals surface area contributed by atoms with Crippen LogP contribution in [-0.4, -0.2) is 41.1 Å². The van der Waals surface area contributed by atoms with Gasteiger partial charge in [0.05, 0.1) is 29.4 Å². The lowest BCUT2D eigenvalue weighted by Gasteiger charge is -2.19. The summed E-state index contributed by atoms with van der Waals surface area (Å²) in [6.07, 6.45) is 3.54. The average Bonchev–Trinajstić information content (AvgIpc) is 3.31. The topological polar surface area (TPSA) is 96.7 Å². The van der Waals surface area contributed by atoms with Crippen LogP contribution in [0.4, 0.5) is 5.69 Å². The number of anilines is 1. The monoisotopic (exact) mass is 437 g/mol. The Hall–Kier alpha value is -3.46. The Labute approximate surface area is 181 Å². The number of amides is 1. The minimum absolute atomic E-state index is 0.169. The highest BCUT2D eigenvalue weighted by Gasteiger charge is 2.33. The van der Waals surface area contributed by atoms with Crippen molar-refractivity contribution in [3.8, 4) is 5.69 Å². The molecule has 0 saturated carbocycles. The van der Waals surface area contributed by atoms with Gasteiger partial charge in [-0.15, -0.1) is 0 Å². The van der Waals surface area contributed by atoms with Crippen molar-refractivity contribution >= 4 is 27.3 Å². The molecule has 2 heterocycles. The lowest BCUT2D eigenvalue weighted by atomic mass is 9.99. The Morgan fingerprint density at radius 3 is 2.55 bits per heavy atom. The van der Waals surface area contributed by atoms with Gasteiger partial charge in [0.15, 0.2) is 0 Å². The van der Waals surface area contributed by atoms with E-state index >= 15 is 0 Å². The molecule has 0 fully saturated rings. The van der Waals surface area contributed by atoms with E-state index in [1.54, 1.807) is 22.9 Å². The Morgan fingerprint density at radius 2 is 1.87 bits per heavy atom. The normalized spacial score (nSPS) is 16.3. The van der Waals surface area contributed by atoms with Crippen molar-refractivity contribution in [1.29, 1.82) is 0 Å². The highest BCUT2D eigenvalue weighted by Crippen LogP contribution is 2.35. The molecule has 8 nitrogen and oxygen atoms in total. The summed E-state index contributed by atoms with van der Waals surface area (Å²) in [6.45, 7) is 3.40. The highest BCUT2D eigenvalue weighted by atomic mass is 32.2. The smallest absolute Gasteiger partial charge is 0.240 e. The van der Waals surface area contributed by atoms with Gasteiger partial charge in [0.25, 0.3) is 0 Å². The molecule has 0 bridgehead atoms. The Kier molecular flexibility index (Phi) is 5.36. The first-order valence-corrected chi connectivity index (χ1v) is 11.7. The largest absolute Gasteiger partial charge is 0.284 e. The molecule has 0 aliphatic carbocycles. The molecule has 1 aliphatic rings. The van der Waals surface area contributed by atoms with Crippen molar-refractivity contribution < 1.29 is 13.2 Å². The van der Waals surface area contributed by atoms with Crippen molar-refractivity contribution in [2.24, 2.45) is 5.10 Å². The van der Waals surface area contributed by atoms with E-state index in [1.165, 1.54) is 11.9 Å². The van der Waals surface area contributed by atoms with Crippen LogP contribution >= 0.6 is 0 Å². The summed E-state index contributed by atoms with van der Waals surface area (Å²) >= 11 is 0. The number of benzene rings is 2. The standard InChI is InChI=1S/C22H23N5O3S/c1-15-20(14-26(23-15)19-10-5-4-6-11-19)22-13-21(24-27(22)16(2)28)17-8-7-9-18(12-17)25-31(3,29)30/h4-12,14,22,25H,13H2,1-3H3/t22-/m1/s1. The number of para-hydroxylation sites is 1. The molecule has 0 saturated heterocycles. The van der Waals surface area contributed by atoms with E-state index in [2.05, 4.69) is 14.9 Å². The van der Waals surface area contributed by atoms with Crippen molar-refractivity contribution in [2.45, 2.75) is 26.3 Å². The number of nitrogens with zero attached hydrogens (tertiary/aromatic N) is 4. The summed E-state index contributed by atoms with van der Waals surface area (Å²) in [6, 6.07) is 16.5. The van der Waals surface area contributed by atoms with E-state index in [0.29, 0.717) is 17.8 Å². The van der Waals surface area contributed by atoms with Crippen LogP contribution in [0.2, 0.25) is 0 Å². The number of aryl methyl sites for hydroxylation is 1. The summed E-state index contributed by atoms with van der Waals surface area (Å²) < 4.78 is 27.4.